The maximum atomic E-state index is 12.0. The van der Waals surface area contributed by atoms with Crippen molar-refractivity contribution in [3.8, 4) is 11.4 Å². The molecule has 0 saturated heterocycles. The number of halogens is 1. The fourth-order valence-electron chi connectivity index (χ4n) is 2.19. The quantitative estimate of drug-likeness (QED) is 0.635. The molecule has 1 amide bonds. The van der Waals surface area contributed by atoms with Gasteiger partial charge in [-0.1, -0.05) is 16.8 Å². The zero-order valence-corrected chi connectivity index (χ0v) is 15.1. The molecular formula is C18H16ClN3O2S. The summed E-state index contributed by atoms with van der Waals surface area (Å²) in [4.78, 5) is 17.5. The van der Waals surface area contributed by atoms with Gasteiger partial charge in [-0.2, -0.15) is 4.98 Å². The molecule has 0 unspecified atom stereocenters. The number of amides is 1. The summed E-state index contributed by atoms with van der Waals surface area (Å²) >= 11 is 7.52. The fraction of sp³-hybridized carbons (Fsp3) is 0.167. The molecule has 5 nitrogen and oxygen atoms in total. The second-order valence-corrected chi connectivity index (χ2v) is 6.61. The maximum absolute atomic E-state index is 12.0. The summed E-state index contributed by atoms with van der Waals surface area (Å²) in [5.74, 6) is 0.820. The summed E-state index contributed by atoms with van der Waals surface area (Å²) in [5.41, 5.74) is 1.59. The first-order chi connectivity index (χ1) is 12.1. The van der Waals surface area contributed by atoms with Crippen molar-refractivity contribution in [3.63, 3.8) is 0 Å². The van der Waals surface area contributed by atoms with Crippen LogP contribution < -0.4 is 5.32 Å². The highest BCUT2D eigenvalue weighted by atomic mass is 35.5. The number of anilines is 1. The summed E-state index contributed by atoms with van der Waals surface area (Å²) < 4.78 is 5.20. The summed E-state index contributed by atoms with van der Waals surface area (Å²) in [6.07, 6.45) is 2.66. The van der Waals surface area contributed by atoms with Crippen molar-refractivity contribution < 1.29 is 9.32 Å². The Morgan fingerprint density at radius 2 is 1.88 bits per heavy atom. The van der Waals surface area contributed by atoms with E-state index in [0.29, 0.717) is 23.2 Å². The minimum atomic E-state index is -0.0943. The van der Waals surface area contributed by atoms with Gasteiger partial charge in [0.15, 0.2) is 0 Å². The number of aryl methyl sites for hydroxylation is 1. The maximum Gasteiger partial charge on any atom is 0.227 e. The number of hydrogen-bond acceptors (Lipinski definition) is 5. The molecule has 0 aliphatic carbocycles. The van der Waals surface area contributed by atoms with Crippen molar-refractivity contribution in [2.45, 2.75) is 17.7 Å². The number of nitrogens with zero attached hydrogens (tertiary/aromatic N) is 2. The third kappa shape index (κ3) is 4.84. The van der Waals surface area contributed by atoms with E-state index in [4.69, 9.17) is 16.1 Å². The van der Waals surface area contributed by atoms with Gasteiger partial charge in [0.1, 0.15) is 0 Å². The number of aromatic nitrogens is 2. The number of hydrogen-bond donors (Lipinski definition) is 1. The smallest absolute Gasteiger partial charge is 0.227 e. The zero-order valence-electron chi connectivity index (χ0n) is 13.5. The second kappa shape index (κ2) is 8.18. The molecular weight excluding hydrogens is 358 g/mol. The highest BCUT2D eigenvalue weighted by Crippen LogP contribution is 2.20. The number of carbonyl (C=O) groups is 1. The molecule has 3 rings (SSSR count). The van der Waals surface area contributed by atoms with E-state index in [2.05, 4.69) is 15.5 Å². The zero-order chi connectivity index (χ0) is 17.6. The lowest BCUT2D eigenvalue weighted by Crippen LogP contribution is -2.12. The normalized spacial score (nSPS) is 10.6. The Labute approximate surface area is 154 Å². The van der Waals surface area contributed by atoms with Crippen molar-refractivity contribution in [1.82, 2.24) is 10.1 Å². The molecule has 0 aliphatic heterocycles. The Hall–Kier alpha value is -2.31. The van der Waals surface area contributed by atoms with Gasteiger partial charge in [0.05, 0.1) is 0 Å². The van der Waals surface area contributed by atoms with Gasteiger partial charge in [-0.3, -0.25) is 4.79 Å². The Kier molecular flexibility index (Phi) is 5.73. The van der Waals surface area contributed by atoms with E-state index in [1.54, 1.807) is 23.9 Å². The molecule has 0 radical (unpaired) electrons. The number of benzene rings is 2. The average molecular weight is 374 g/mol. The molecule has 25 heavy (non-hydrogen) atoms. The van der Waals surface area contributed by atoms with Crippen LogP contribution in [0.2, 0.25) is 5.02 Å². The van der Waals surface area contributed by atoms with Crippen molar-refractivity contribution in [1.29, 1.82) is 0 Å². The summed E-state index contributed by atoms with van der Waals surface area (Å²) in [7, 11) is 0. The standard InChI is InChI=1S/C18H16ClN3O2S/c1-25-15-8-6-14(7-9-15)20-16(23)10-11-17-21-18(22-24-17)12-2-4-13(19)5-3-12/h2-9H,10-11H2,1H3,(H,20,23). The van der Waals surface area contributed by atoms with Gasteiger partial charge in [-0.15, -0.1) is 11.8 Å². The second-order valence-electron chi connectivity index (χ2n) is 5.30. The lowest BCUT2D eigenvalue weighted by Gasteiger charge is -2.04. The first-order valence-corrected chi connectivity index (χ1v) is 9.27. The van der Waals surface area contributed by atoms with Crippen LogP contribution in [0, 0.1) is 0 Å². The van der Waals surface area contributed by atoms with Crippen LogP contribution >= 0.6 is 23.4 Å². The van der Waals surface area contributed by atoms with E-state index in [9.17, 15) is 4.79 Å². The predicted molar refractivity (Wildman–Crippen MR) is 99.9 cm³/mol. The van der Waals surface area contributed by atoms with Gasteiger partial charge in [-0.05, 0) is 54.8 Å². The summed E-state index contributed by atoms with van der Waals surface area (Å²) in [6, 6.07) is 14.9. The molecule has 1 heterocycles. The van der Waals surface area contributed by atoms with Crippen LogP contribution in [0.5, 0.6) is 0 Å². The van der Waals surface area contributed by atoms with Crippen molar-refractivity contribution in [2.24, 2.45) is 0 Å². The Balaban J connectivity index is 1.54. The third-order valence-corrected chi connectivity index (χ3v) is 4.51. The molecule has 0 saturated carbocycles. The van der Waals surface area contributed by atoms with Crippen LogP contribution in [0.1, 0.15) is 12.3 Å². The van der Waals surface area contributed by atoms with Crippen LogP contribution in [0.15, 0.2) is 57.9 Å². The fourth-order valence-corrected chi connectivity index (χ4v) is 2.73. The first kappa shape index (κ1) is 17.5. The molecule has 128 valence electrons. The van der Waals surface area contributed by atoms with Gasteiger partial charge in [0.2, 0.25) is 17.6 Å². The molecule has 3 aromatic rings. The molecule has 0 atom stereocenters. The molecule has 0 bridgehead atoms. The molecule has 1 aromatic heterocycles. The third-order valence-electron chi connectivity index (χ3n) is 3.51. The van der Waals surface area contributed by atoms with Gasteiger partial charge >= 0.3 is 0 Å². The van der Waals surface area contributed by atoms with Crippen LogP contribution in [0.25, 0.3) is 11.4 Å². The lowest BCUT2D eigenvalue weighted by atomic mass is 10.2. The van der Waals surface area contributed by atoms with E-state index in [1.165, 1.54) is 0 Å². The SMILES string of the molecule is CSc1ccc(NC(=O)CCc2nc(-c3ccc(Cl)cc3)no2)cc1. The van der Waals surface area contributed by atoms with Gasteiger partial charge < -0.3 is 9.84 Å². The van der Waals surface area contributed by atoms with Crippen LogP contribution in [0.4, 0.5) is 5.69 Å². The molecule has 0 aliphatic rings. The largest absolute Gasteiger partial charge is 0.339 e. The summed E-state index contributed by atoms with van der Waals surface area (Å²) in [5, 5.41) is 7.44. The topological polar surface area (TPSA) is 68.0 Å². The van der Waals surface area contributed by atoms with E-state index in [-0.39, 0.29) is 12.3 Å². The van der Waals surface area contributed by atoms with E-state index < -0.39 is 0 Å². The lowest BCUT2D eigenvalue weighted by molar-refractivity contribution is -0.116. The van der Waals surface area contributed by atoms with Crippen molar-refractivity contribution >= 4 is 35.0 Å². The number of rotatable bonds is 6. The Morgan fingerprint density at radius 1 is 1.16 bits per heavy atom. The molecule has 0 fully saturated rings. The molecule has 0 spiro atoms. The monoisotopic (exact) mass is 373 g/mol. The summed E-state index contributed by atoms with van der Waals surface area (Å²) in [6.45, 7) is 0. The number of thioether (sulfide) groups is 1. The predicted octanol–water partition coefficient (Wildman–Crippen LogP) is 4.68. The van der Waals surface area contributed by atoms with Gasteiger partial charge in [0, 0.05) is 34.0 Å². The highest BCUT2D eigenvalue weighted by Gasteiger charge is 2.11. The Bertz CT molecular complexity index is 848. The minimum absolute atomic E-state index is 0.0943. The minimum Gasteiger partial charge on any atom is -0.339 e. The number of carbonyl (C=O) groups excluding carboxylic acids is 1. The average Bonchev–Trinajstić information content (AvgIpc) is 3.10. The van der Waals surface area contributed by atoms with E-state index >= 15 is 0 Å². The highest BCUT2D eigenvalue weighted by molar-refractivity contribution is 7.98. The molecule has 7 heteroatoms. The first-order valence-electron chi connectivity index (χ1n) is 7.66. The van der Waals surface area contributed by atoms with Crippen molar-refractivity contribution in [3.05, 3.63) is 59.4 Å². The van der Waals surface area contributed by atoms with Crippen molar-refractivity contribution in [2.75, 3.05) is 11.6 Å². The van der Waals surface area contributed by atoms with Crippen LogP contribution in [-0.2, 0) is 11.2 Å². The van der Waals surface area contributed by atoms with E-state index in [1.807, 2.05) is 42.7 Å². The van der Waals surface area contributed by atoms with Crippen LogP contribution in [-0.4, -0.2) is 22.3 Å². The molecule has 2 aromatic carbocycles. The number of nitrogens with one attached hydrogen (secondary N) is 1. The molecule has 1 N–H and O–H groups in total. The Morgan fingerprint density at radius 3 is 2.56 bits per heavy atom. The van der Waals surface area contributed by atoms with Gasteiger partial charge in [0.25, 0.3) is 0 Å². The van der Waals surface area contributed by atoms with Crippen LogP contribution in [0.3, 0.4) is 0 Å². The van der Waals surface area contributed by atoms with Gasteiger partial charge in [-0.25, -0.2) is 0 Å². The van der Waals surface area contributed by atoms with E-state index in [0.717, 1.165) is 16.1 Å².